The number of hydrogen-bond acceptors (Lipinski definition) is 6. The molecule has 0 saturated carbocycles. The van der Waals surface area contributed by atoms with E-state index >= 15 is 0 Å². The summed E-state index contributed by atoms with van der Waals surface area (Å²) in [5.74, 6) is -0.437. The van der Waals surface area contributed by atoms with Crippen LogP contribution in [0.3, 0.4) is 0 Å². The molecule has 2 amide bonds. The predicted molar refractivity (Wildman–Crippen MR) is 107 cm³/mol. The van der Waals surface area contributed by atoms with Gasteiger partial charge < -0.3 is 20.1 Å². The van der Waals surface area contributed by atoms with Crippen molar-refractivity contribution in [2.75, 3.05) is 40.0 Å². The second-order valence-electron chi connectivity index (χ2n) is 6.76. The summed E-state index contributed by atoms with van der Waals surface area (Å²) >= 11 is 0. The second kappa shape index (κ2) is 10.6. The SMILES string of the molecule is CCC(C)NC(=O)CCNC(=O)c1ccc(OC)c(S(=O)(=O)N2CCOCC2)c1. The number of methoxy groups -OCH3 is 1. The topological polar surface area (TPSA) is 114 Å². The molecule has 29 heavy (non-hydrogen) atoms. The molecule has 1 saturated heterocycles. The normalized spacial score (nSPS) is 16.1. The number of rotatable bonds is 9. The van der Waals surface area contributed by atoms with Gasteiger partial charge in [-0.3, -0.25) is 9.59 Å². The molecule has 1 heterocycles. The van der Waals surface area contributed by atoms with Gasteiger partial charge in [-0.15, -0.1) is 0 Å². The highest BCUT2D eigenvalue weighted by molar-refractivity contribution is 7.89. The molecular formula is C19H29N3O6S. The number of ether oxygens (including phenoxy) is 2. The minimum atomic E-state index is -3.83. The van der Waals surface area contributed by atoms with E-state index < -0.39 is 15.9 Å². The molecule has 1 aliphatic heterocycles. The van der Waals surface area contributed by atoms with E-state index in [1.807, 2.05) is 13.8 Å². The molecule has 0 bridgehead atoms. The lowest BCUT2D eigenvalue weighted by Crippen LogP contribution is -2.40. The number of carbonyl (C=O) groups excluding carboxylic acids is 2. The van der Waals surface area contributed by atoms with E-state index in [4.69, 9.17) is 9.47 Å². The number of carbonyl (C=O) groups is 2. The quantitative estimate of drug-likeness (QED) is 0.601. The molecule has 1 aliphatic rings. The van der Waals surface area contributed by atoms with Crippen molar-refractivity contribution in [3.63, 3.8) is 0 Å². The molecule has 9 nitrogen and oxygen atoms in total. The van der Waals surface area contributed by atoms with Gasteiger partial charge in [0.2, 0.25) is 15.9 Å². The predicted octanol–water partition coefficient (Wildman–Crippen LogP) is 0.751. The maximum Gasteiger partial charge on any atom is 0.251 e. The summed E-state index contributed by atoms with van der Waals surface area (Å²) in [6.07, 6.45) is 0.968. The lowest BCUT2D eigenvalue weighted by molar-refractivity contribution is -0.121. The van der Waals surface area contributed by atoms with Gasteiger partial charge in [0.25, 0.3) is 5.91 Å². The van der Waals surface area contributed by atoms with E-state index in [0.29, 0.717) is 13.2 Å². The van der Waals surface area contributed by atoms with Crippen molar-refractivity contribution in [3.05, 3.63) is 23.8 Å². The minimum Gasteiger partial charge on any atom is -0.495 e. The Balaban J connectivity index is 2.09. The van der Waals surface area contributed by atoms with Crippen LogP contribution in [0.1, 0.15) is 37.0 Å². The molecule has 0 spiro atoms. The highest BCUT2D eigenvalue weighted by Gasteiger charge is 2.30. The Hall–Kier alpha value is -2.17. The maximum atomic E-state index is 13.0. The second-order valence-corrected chi connectivity index (χ2v) is 8.67. The van der Waals surface area contributed by atoms with Gasteiger partial charge in [0.15, 0.2) is 0 Å². The summed E-state index contributed by atoms with van der Waals surface area (Å²) in [5.41, 5.74) is 0.181. The largest absolute Gasteiger partial charge is 0.495 e. The van der Waals surface area contributed by atoms with Gasteiger partial charge in [0, 0.05) is 37.7 Å². The number of amides is 2. The number of nitrogens with one attached hydrogen (secondary N) is 2. The average molecular weight is 428 g/mol. The van der Waals surface area contributed by atoms with Gasteiger partial charge in [-0.1, -0.05) is 6.92 Å². The van der Waals surface area contributed by atoms with Gasteiger partial charge in [-0.05, 0) is 31.5 Å². The van der Waals surface area contributed by atoms with Crippen LogP contribution in [-0.2, 0) is 19.6 Å². The number of benzene rings is 1. The average Bonchev–Trinajstić information content (AvgIpc) is 2.73. The summed E-state index contributed by atoms with van der Waals surface area (Å²) in [5, 5.41) is 5.47. The summed E-state index contributed by atoms with van der Waals surface area (Å²) in [6.45, 7) is 5.16. The third kappa shape index (κ3) is 6.15. The van der Waals surface area contributed by atoms with Gasteiger partial charge >= 0.3 is 0 Å². The lowest BCUT2D eigenvalue weighted by atomic mass is 10.2. The van der Waals surface area contributed by atoms with Crippen molar-refractivity contribution in [2.24, 2.45) is 0 Å². The Morgan fingerprint density at radius 1 is 1.28 bits per heavy atom. The Kier molecular flexibility index (Phi) is 8.42. The number of hydrogen-bond donors (Lipinski definition) is 2. The van der Waals surface area contributed by atoms with Gasteiger partial charge in [0.05, 0.1) is 20.3 Å². The third-order valence-electron chi connectivity index (χ3n) is 4.67. The fourth-order valence-corrected chi connectivity index (χ4v) is 4.38. The zero-order chi connectivity index (χ0) is 21.4. The van der Waals surface area contributed by atoms with Crippen LogP contribution in [0, 0.1) is 0 Å². The van der Waals surface area contributed by atoms with Crippen molar-refractivity contribution < 1.29 is 27.5 Å². The highest BCUT2D eigenvalue weighted by Crippen LogP contribution is 2.28. The molecule has 1 aromatic rings. The van der Waals surface area contributed by atoms with Crippen LogP contribution in [0.4, 0.5) is 0 Å². The Morgan fingerprint density at radius 3 is 2.59 bits per heavy atom. The van der Waals surface area contributed by atoms with Crippen LogP contribution >= 0.6 is 0 Å². The van der Waals surface area contributed by atoms with Crippen LogP contribution in [0.25, 0.3) is 0 Å². The van der Waals surface area contributed by atoms with Gasteiger partial charge in [-0.2, -0.15) is 4.31 Å². The van der Waals surface area contributed by atoms with Gasteiger partial charge in [0.1, 0.15) is 10.6 Å². The standard InChI is InChI=1S/C19H29N3O6S/c1-4-14(2)21-18(23)7-8-20-19(24)15-5-6-16(27-3)17(13-15)29(25,26)22-9-11-28-12-10-22/h5-6,13-14H,4,7-12H2,1-3H3,(H,20,24)(H,21,23). The maximum absolute atomic E-state index is 13.0. The monoisotopic (exact) mass is 427 g/mol. The molecule has 1 unspecified atom stereocenters. The van der Waals surface area contributed by atoms with Crippen LogP contribution in [-0.4, -0.2) is 70.5 Å². The van der Waals surface area contributed by atoms with Crippen molar-refractivity contribution in [1.82, 2.24) is 14.9 Å². The number of morpholine rings is 1. The zero-order valence-electron chi connectivity index (χ0n) is 17.1. The molecule has 1 aromatic carbocycles. The van der Waals surface area contributed by atoms with Crippen LogP contribution < -0.4 is 15.4 Å². The van der Waals surface area contributed by atoms with E-state index in [9.17, 15) is 18.0 Å². The molecule has 162 valence electrons. The highest BCUT2D eigenvalue weighted by atomic mass is 32.2. The Labute approximate surface area is 171 Å². The van der Waals surface area contributed by atoms with Crippen molar-refractivity contribution in [3.8, 4) is 5.75 Å². The minimum absolute atomic E-state index is 0.0657. The van der Waals surface area contributed by atoms with E-state index in [2.05, 4.69) is 10.6 Å². The van der Waals surface area contributed by atoms with E-state index in [-0.39, 0.29) is 54.2 Å². The van der Waals surface area contributed by atoms with Crippen molar-refractivity contribution in [2.45, 2.75) is 37.6 Å². The first-order chi connectivity index (χ1) is 13.8. The first-order valence-electron chi connectivity index (χ1n) is 9.63. The molecule has 1 fully saturated rings. The number of sulfonamides is 1. The molecule has 2 N–H and O–H groups in total. The first-order valence-corrected chi connectivity index (χ1v) is 11.1. The first kappa shape index (κ1) is 23.1. The summed E-state index contributed by atoms with van der Waals surface area (Å²) in [7, 11) is -2.45. The zero-order valence-corrected chi connectivity index (χ0v) is 17.9. The molecular weight excluding hydrogens is 398 g/mol. The van der Waals surface area contributed by atoms with E-state index in [1.165, 1.54) is 29.6 Å². The summed E-state index contributed by atoms with van der Waals surface area (Å²) in [6, 6.07) is 4.33. The van der Waals surface area contributed by atoms with Crippen molar-refractivity contribution in [1.29, 1.82) is 0 Å². The fraction of sp³-hybridized carbons (Fsp3) is 0.579. The molecule has 0 radical (unpaired) electrons. The molecule has 10 heteroatoms. The number of nitrogens with zero attached hydrogens (tertiary/aromatic N) is 1. The van der Waals surface area contributed by atoms with E-state index in [0.717, 1.165) is 6.42 Å². The van der Waals surface area contributed by atoms with Gasteiger partial charge in [-0.25, -0.2) is 8.42 Å². The smallest absolute Gasteiger partial charge is 0.251 e. The molecule has 1 atom stereocenters. The summed E-state index contributed by atoms with van der Waals surface area (Å²) < 4.78 is 37.7. The van der Waals surface area contributed by atoms with Crippen molar-refractivity contribution >= 4 is 21.8 Å². The van der Waals surface area contributed by atoms with Crippen LogP contribution in [0.15, 0.2) is 23.1 Å². The summed E-state index contributed by atoms with van der Waals surface area (Å²) in [4.78, 5) is 24.2. The lowest BCUT2D eigenvalue weighted by Gasteiger charge is -2.26. The van der Waals surface area contributed by atoms with Crippen LogP contribution in [0.2, 0.25) is 0 Å². The van der Waals surface area contributed by atoms with Crippen LogP contribution in [0.5, 0.6) is 5.75 Å². The molecule has 0 aromatic heterocycles. The Morgan fingerprint density at radius 2 is 1.97 bits per heavy atom. The third-order valence-corrected chi connectivity index (χ3v) is 6.59. The Bertz CT molecular complexity index is 821. The molecule has 0 aliphatic carbocycles. The fourth-order valence-electron chi connectivity index (χ4n) is 2.79. The van der Waals surface area contributed by atoms with E-state index in [1.54, 1.807) is 0 Å². The molecule has 2 rings (SSSR count).